The van der Waals surface area contributed by atoms with Gasteiger partial charge in [-0.15, -0.1) is 0 Å². The van der Waals surface area contributed by atoms with E-state index < -0.39 is 0 Å². The number of rotatable bonds is 5. The lowest BCUT2D eigenvalue weighted by Crippen LogP contribution is -2.12. The first-order valence-electron chi connectivity index (χ1n) is 5.75. The fraction of sp³-hybridized carbons (Fsp3) is 0.214. The van der Waals surface area contributed by atoms with Crippen LogP contribution in [0.1, 0.15) is 11.1 Å². The summed E-state index contributed by atoms with van der Waals surface area (Å²) >= 11 is 0. The number of phenols is 1. The molecule has 4 nitrogen and oxygen atoms in total. The van der Waals surface area contributed by atoms with Crippen molar-refractivity contribution >= 4 is 0 Å². The van der Waals surface area contributed by atoms with E-state index in [1.165, 1.54) is 0 Å². The van der Waals surface area contributed by atoms with Crippen molar-refractivity contribution < 1.29 is 9.84 Å². The highest BCUT2D eigenvalue weighted by atomic mass is 16.5. The second-order valence-electron chi connectivity index (χ2n) is 3.95. The van der Waals surface area contributed by atoms with Crippen molar-refractivity contribution in [2.45, 2.75) is 13.1 Å². The Morgan fingerprint density at radius 3 is 2.67 bits per heavy atom. The molecule has 0 atom stereocenters. The van der Waals surface area contributed by atoms with E-state index in [-0.39, 0.29) is 5.75 Å². The van der Waals surface area contributed by atoms with Crippen LogP contribution in [0.3, 0.4) is 0 Å². The third-order valence-electron chi connectivity index (χ3n) is 2.68. The summed E-state index contributed by atoms with van der Waals surface area (Å²) in [5.74, 6) is 1.02. The molecule has 0 aliphatic heterocycles. The number of nitrogens with one attached hydrogen (secondary N) is 1. The van der Waals surface area contributed by atoms with Gasteiger partial charge in [0.1, 0.15) is 11.5 Å². The van der Waals surface area contributed by atoms with Crippen LogP contribution in [-0.4, -0.2) is 17.2 Å². The molecule has 18 heavy (non-hydrogen) atoms. The topological polar surface area (TPSA) is 54.4 Å². The van der Waals surface area contributed by atoms with Gasteiger partial charge in [0.25, 0.3) is 0 Å². The number of benzene rings is 1. The SMILES string of the molecule is COc1ccc(O)c(CNCc2ccncc2)c1. The monoisotopic (exact) mass is 244 g/mol. The minimum atomic E-state index is 0.276. The predicted octanol–water partition coefficient (Wildman–Crippen LogP) is 2.09. The molecule has 94 valence electrons. The Hall–Kier alpha value is -2.07. The minimum Gasteiger partial charge on any atom is -0.508 e. The van der Waals surface area contributed by atoms with Crippen LogP contribution in [0.15, 0.2) is 42.7 Å². The lowest BCUT2D eigenvalue weighted by Gasteiger charge is -2.08. The molecule has 0 spiro atoms. The molecule has 1 heterocycles. The fourth-order valence-electron chi connectivity index (χ4n) is 1.67. The van der Waals surface area contributed by atoms with Gasteiger partial charge in [0.05, 0.1) is 7.11 Å². The molecule has 4 heteroatoms. The number of nitrogens with zero attached hydrogens (tertiary/aromatic N) is 1. The van der Waals surface area contributed by atoms with Gasteiger partial charge in [0, 0.05) is 31.0 Å². The van der Waals surface area contributed by atoms with Crippen LogP contribution >= 0.6 is 0 Å². The summed E-state index contributed by atoms with van der Waals surface area (Å²) in [4.78, 5) is 3.96. The van der Waals surface area contributed by atoms with Crippen LogP contribution in [0, 0.1) is 0 Å². The third-order valence-corrected chi connectivity index (χ3v) is 2.68. The Morgan fingerprint density at radius 2 is 1.94 bits per heavy atom. The Balaban J connectivity index is 1.94. The van der Waals surface area contributed by atoms with Gasteiger partial charge in [-0.3, -0.25) is 4.98 Å². The summed E-state index contributed by atoms with van der Waals surface area (Å²) in [7, 11) is 1.61. The Kier molecular flexibility index (Phi) is 4.15. The normalized spacial score (nSPS) is 10.3. The largest absolute Gasteiger partial charge is 0.508 e. The number of methoxy groups -OCH3 is 1. The first-order chi connectivity index (χ1) is 8.79. The minimum absolute atomic E-state index is 0.276. The van der Waals surface area contributed by atoms with E-state index in [1.807, 2.05) is 18.2 Å². The Morgan fingerprint density at radius 1 is 1.17 bits per heavy atom. The lowest BCUT2D eigenvalue weighted by atomic mass is 10.2. The number of aromatic hydroxyl groups is 1. The van der Waals surface area contributed by atoms with Crippen LogP contribution in [0.2, 0.25) is 0 Å². The number of hydrogen-bond acceptors (Lipinski definition) is 4. The molecule has 0 unspecified atom stereocenters. The summed E-state index contributed by atoms with van der Waals surface area (Å²) in [5.41, 5.74) is 1.98. The number of phenolic OH excluding ortho intramolecular Hbond substituents is 1. The summed E-state index contributed by atoms with van der Waals surface area (Å²) in [6.07, 6.45) is 3.53. The maximum atomic E-state index is 9.72. The summed E-state index contributed by atoms with van der Waals surface area (Å²) in [6, 6.07) is 9.12. The molecule has 0 radical (unpaired) electrons. The first-order valence-corrected chi connectivity index (χ1v) is 5.75. The van der Waals surface area contributed by atoms with E-state index >= 15 is 0 Å². The Bertz CT molecular complexity index is 500. The summed E-state index contributed by atoms with van der Waals surface area (Å²) in [5, 5.41) is 13.0. The highest BCUT2D eigenvalue weighted by molar-refractivity contribution is 5.39. The molecular weight excluding hydrogens is 228 g/mol. The maximum Gasteiger partial charge on any atom is 0.120 e. The molecule has 2 aromatic rings. The van der Waals surface area contributed by atoms with E-state index in [0.29, 0.717) is 6.54 Å². The van der Waals surface area contributed by atoms with Crippen molar-refractivity contribution in [1.82, 2.24) is 10.3 Å². The van der Waals surface area contributed by atoms with Gasteiger partial charge in [-0.2, -0.15) is 0 Å². The third kappa shape index (κ3) is 3.21. The highest BCUT2D eigenvalue weighted by Crippen LogP contribution is 2.22. The first kappa shape index (κ1) is 12.4. The van der Waals surface area contributed by atoms with E-state index in [9.17, 15) is 5.11 Å². The second-order valence-corrected chi connectivity index (χ2v) is 3.95. The molecule has 0 bridgehead atoms. The molecule has 0 aliphatic rings. The summed E-state index contributed by atoms with van der Waals surface area (Å²) in [6.45, 7) is 1.32. The fourth-order valence-corrected chi connectivity index (χ4v) is 1.67. The number of hydrogen-bond donors (Lipinski definition) is 2. The zero-order valence-corrected chi connectivity index (χ0v) is 10.3. The molecule has 0 saturated heterocycles. The molecule has 1 aromatic heterocycles. The molecule has 0 amide bonds. The average molecular weight is 244 g/mol. The number of pyridine rings is 1. The zero-order chi connectivity index (χ0) is 12.8. The Labute approximate surface area is 106 Å². The van der Waals surface area contributed by atoms with Gasteiger partial charge >= 0.3 is 0 Å². The molecule has 0 saturated carbocycles. The van der Waals surface area contributed by atoms with Crippen molar-refractivity contribution in [2.75, 3.05) is 7.11 Å². The van der Waals surface area contributed by atoms with Gasteiger partial charge in [-0.1, -0.05) is 0 Å². The van der Waals surface area contributed by atoms with Crippen LogP contribution in [-0.2, 0) is 13.1 Å². The van der Waals surface area contributed by atoms with Crippen molar-refractivity contribution in [3.05, 3.63) is 53.9 Å². The number of ether oxygens (including phenoxy) is 1. The van der Waals surface area contributed by atoms with Gasteiger partial charge in [-0.05, 0) is 35.9 Å². The summed E-state index contributed by atoms with van der Waals surface area (Å²) < 4.78 is 5.13. The lowest BCUT2D eigenvalue weighted by molar-refractivity contribution is 0.410. The molecule has 0 fully saturated rings. The predicted molar refractivity (Wildman–Crippen MR) is 69.4 cm³/mol. The van der Waals surface area contributed by atoms with Crippen molar-refractivity contribution in [2.24, 2.45) is 0 Å². The van der Waals surface area contributed by atoms with Crippen LogP contribution < -0.4 is 10.1 Å². The van der Waals surface area contributed by atoms with Crippen molar-refractivity contribution in [3.8, 4) is 11.5 Å². The number of aromatic nitrogens is 1. The molecule has 2 N–H and O–H groups in total. The van der Waals surface area contributed by atoms with E-state index in [0.717, 1.165) is 23.4 Å². The molecular formula is C14H16N2O2. The van der Waals surface area contributed by atoms with E-state index in [4.69, 9.17) is 4.74 Å². The molecule has 1 aromatic carbocycles. The second kappa shape index (κ2) is 6.02. The maximum absolute atomic E-state index is 9.72. The molecule has 2 rings (SSSR count). The zero-order valence-electron chi connectivity index (χ0n) is 10.3. The van der Waals surface area contributed by atoms with E-state index in [1.54, 1.807) is 31.6 Å². The smallest absolute Gasteiger partial charge is 0.120 e. The average Bonchev–Trinajstić information content (AvgIpc) is 2.42. The van der Waals surface area contributed by atoms with Crippen LogP contribution in [0.5, 0.6) is 11.5 Å². The van der Waals surface area contributed by atoms with Crippen LogP contribution in [0.25, 0.3) is 0 Å². The van der Waals surface area contributed by atoms with Crippen molar-refractivity contribution in [1.29, 1.82) is 0 Å². The van der Waals surface area contributed by atoms with Gasteiger partial charge < -0.3 is 15.2 Å². The highest BCUT2D eigenvalue weighted by Gasteiger charge is 2.02. The van der Waals surface area contributed by atoms with Gasteiger partial charge in [0.15, 0.2) is 0 Å². The van der Waals surface area contributed by atoms with Crippen molar-refractivity contribution in [3.63, 3.8) is 0 Å². The van der Waals surface area contributed by atoms with Gasteiger partial charge in [-0.25, -0.2) is 0 Å². The van der Waals surface area contributed by atoms with Crippen LogP contribution in [0.4, 0.5) is 0 Å². The van der Waals surface area contributed by atoms with Gasteiger partial charge in [0.2, 0.25) is 0 Å². The molecule has 0 aliphatic carbocycles. The standard InChI is InChI=1S/C14H16N2O2/c1-18-13-2-3-14(17)12(8-13)10-16-9-11-4-6-15-7-5-11/h2-8,16-17H,9-10H2,1H3. The van der Waals surface area contributed by atoms with E-state index in [2.05, 4.69) is 10.3 Å². The quantitative estimate of drug-likeness (QED) is 0.845.